The average molecular weight is 278 g/mol. The van der Waals surface area contributed by atoms with Crippen LogP contribution < -0.4 is 5.32 Å². The second-order valence-corrected chi connectivity index (χ2v) is 6.73. The van der Waals surface area contributed by atoms with Gasteiger partial charge in [0.2, 0.25) is 15.9 Å². The summed E-state index contributed by atoms with van der Waals surface area (Å²) in [5.41, 5.74) is 0. The zero-order chi connectivity index (χ0) is 13.6. The minimum atomic E-state index is -3.10. The molecule has 1 heterocycles. The van der Waals surface area contributed by atoms with Gasteiger partial charge >= 0.3 is 0 Å². The molecule has 0 aliphatic carbocycles. The van der Waals surface area contributed by atoms with Crippen molar-refractivity contribution in [3.8, 4) is 0 Å². The van der Waals surface area contributed by atoms with Crippen LogP contribution in [-0.2, 0) is 14.8 Å². The molecule has 0 saturated carbocycles. The third-order valence-electron chi connectivity index (χ3n) is 3.14. The molecular formula is C11H22N2O4S. The molecule has 1 aliphatic heterocycles. The molecule has 1 fully saturated rings. The number of amides is 1. The van der Waals surface area contributed by atoms with E-state index in [1.165, 1.54) is 4.31 Å². The predicted octanol–water partition coefficient (Wildman–Crippen LogP) is -0.311. The number of hydrogen-bond acceptors (Lipinski definition) is 4. The molecule has 106 valence electrons. The molecule has 18 heavy (non-hydrogen) atoms. The summed E-state index contributed by atoms with van der Waals surface area (Å²) in [6.07, 6.45) is 2.10. The first-order chi connectivity index (χ1) is 8.49. The van der Waals surface area contributed by atoms with E-state index in [-0.39, 0.29) is 24.3 Å². The third-order valence-corrected chi connectivity index (χ3v) is 5.02. The van der Waals surface area contributed by atoms with Crippen LogP contribution in [0.4, 0.5) is 0 Å². The van der Waals surface area contributed by atoms with Gasteiger partial charge in [-0.3, -0.25) is 4.79 Å². The summed E-state index contributed by atoms with van der Waals surface area (Å²) in [4.78, 5) is 11.5. The number of aliphatic hydroxyl groups excluding tert-OH is 1. The second kappa shape index (κ2) is 7.06. The van der Waals surface area contributed by atoms with Crippen molar-refractivity contribution < 1.29 is 18.3 Å². The van der Waals surface area contributed by atoms with Crippen molar-refractivity contribution >= 4 is 15.9 Å². The first kappa shape index (κ1) is 15.4. The lowest BCUT2D eigenvalue weighted by Gasteiger charge is -2.31. The highest BCUT2D eigenvalue weighted by Crippen LogP contribution is 2.14. The summed E-state index contributed by atoms with van der Waals surface area (Å²) in [5.74, 6) is 0.0569. The van der Waals surface area contributed by atoms with Crippen LogP contribution >= 0.6 is 0 Å². The average Bonchev–Trinajstić information content (AvgIpc) is 2.37. The zero-order valence-electron chi connectivity index (χ0n) is 10.8. The largest absolute Gasteiger partial charge is 0.396 e. The standard InChI is InChI=1S/C11H22N2O4S/c1-2-18(16,17)13-7-5-10(6-8-13)12-11(15)4-3-9-14/h10,14H,2-9H2,1H3,(H,12,15). The van der Waals surface area contributed by atoms with Gasteiger partial charge in [-0.05, 0) is 26.2 Å². The highest BCUT2D eigenvalue weighted by molar-refractivity contribution is 7.89. The minimum Gasteiger partial charge on any atom is -0.396 e. The molecule has 0 aromatic heterocycles. The normalized spacial score (nSPS) is 18.8. The van der Waals surface area contributed by atoms with E-state index in [1.54, 1.807) is 6.92 Å². The molecule has 0 aromatic rings. The fourth-order valence-corrected chi connectivity index (χ4v) is 3.13. The van der Waals surface area contributed by atoms with Crippen molar-refractivity contribution in [2.24, 2.45) is 0 Å². The number of aliphatic hydroxyl groups is 1. The molecular weight excluding hydrogens is 256 g/mol. The predicted molar refractivity (Wildman–Crippen MR) is 68.5 cm³/mol. The SMILES string of the molecule is CCS(=O)(=O)N1CCC(NC(=O)CCCO)CC1. The second-order valence-electron chi connectivity index (χ2n) is 4.47. The van der Waals surface area contributed by atoms with Crippen molar-refractivity contribution in [1.82, 2.24) is 9.62 Å². The van der Waals surface area contributed by atoms with Crippen LogP contribution in [0.25, 0.3) is 0 Å². The van der Waals surface area contributed by atoms with Crippen molar-refractivity contribution in [2.75, 3.05) is 25.4 Å². The van der Waals surface area contributed by atoms with Gasteiger partial charge in [0.15, 0.2) is 0 Å². The van der Waals surface area contributed by atoms with E-state index in [2.05, 4.69) is 5.32 Å². The fourth-order valence-electron chi connectivity index (χ4n) is 2.00. The number of carbonyl (C=O) groups excluding carboxylic acids is 1. The summed E-state index contributed by atoms with van der Waals surface area (Å²) in [6, 6.07) is 0.0551. The van der Waals surface area contributed by atoms with Crippen LogP contribution in [0.15, 0.2) is 0 Å². The molecule has 1 aliphatic rings. The van der Waals surface area contributed by atoms with E-state index in [1.807, 2.05) is 0 Å². The molecule has 0 spiro atoms. The summed E-state index contributed by atoms with van der Waals surface area (Å²) >= 11 is 0. The quantitative estimate of drug-likeness (QED) is 0.698. The maximum atomic E-state index is 11.6. The van der Waals surface area contributed by atoms with Crippen LogP contribution in [-0.4, -0.2) is 55.2 Å². The fraction of sp³-hybridized carbons (Fsp3) is 0.909. The topological polar surface area (TPSA) is 86.7 Å². The minimum absolute atomic E-state index is 0.0145. The zero-order valence-corrected chi connectivity index (χ0v) is 11.6. The molecule has 0 atom stereocenters. The van der Waals surface area contributed by atoms with Gasteiger partial charge < -0.3 is 10.4 Å². The van der Waals surface area contributed by atoms with Gasteiger partial charge in [0.1, 0.15) is 0 Å². The van der Waals surface area contributed by atoms with Crippen LogP contribution in [0.1, 0.15) is 32.6 Å². The highest BCUT2D eigenvalue weighted by Gasteiger charge is 2.27. The number of piperidine rings is 1. The van der Waals surface area contributed by atoms with Crippen LogP contribution in [0.3, 0.4) is 0 Å². The van der Waals surface area contributed by atoms with Crippen LogP contribution in [0, 0.1) is 0 Å². The molecule has 0 radical (unpaired) electrons. The summed E-state index contributed by atoms with van der Waals surface area (Å²) in [6.45, 7) is 2.60. The van der Waals surface area contributed by atoms with Crippen molar-refractivity contribution in [2.45, 2.75) is 38.6 Å². The Kier molecular flexibility index (Phi) is 6.04. The molecule has 1 rings (SSSR count). The van der Waals surface area contributed by atoms with Crippen molar-refractivity contribution in [1.29, 1.82) is 0 Å². The first-order valence-corrected chi connectivity index (χ1v) is 7.98. The number of sulfonamides is 1. The van der Waals surface area contributed by atoms with Gasteiger partial charge in [0.05, 0.1) is 5.75 Å². The molecule has 0 aromatic carbocycles. The first-order valence-electron chi connectivity index (χ1n) is 6.37. The van der Waals surface area contributed by atoms with E-state index in [0.717, 1.165) is 0 Å². The highest BCUT2D eigenvalue weighted by atomic mass is 32.2. The molecule has 2 N–H and O–H groups in total. The monoisotopic (exact) mass is 278 g/mol. The van der Waals surface area contributed by atoms with E-state index in [4.69, 9.17) is 5.11 Å². The Labute approximate surface area is 108 Å². The summed E-state index contributed by atoms with van der Waals surface area (Å²) < 4.78 is 24.8. The Balaban J connectivity index is 2.34. The van der Waals surface area contributed by atoms with E-state index in [9.17, 15) is 13.2 Å². The Bertz CT molecular complexity index is 361. The number of hydrogen-bond donors (Lipinski definition) is 2. The van der Waals surface area contributed by atoms with Crippen molar-refractivity contribution in [3.63, 3.8) is 0 Å². The van der Waals surface area contributed by atoms with Gasteiger partial charge in [-0.1, -0.05) is 0 Å². The molecule has 1 saturated heterocycles. The van der Waals surface area contributed by atoms with E-state index < -0.39 is 10.0 Å². The van der Waals surface area contributed by atoms with Crippen LogP contribution in [0.2, 0.25) is 0 Å². The van der Waals surface area contributed by atoms with Gasteiger partial charge in [-0.25, -0.2) is 12.7 Å². The number of carbonyl (C=O) groups is 1. The lowest BCUT2D eigenvalue weighted by molar-refractivity contribution is -0.122. The van der Waals surface area contributed by atoms with E-state index in [0.29, 0.717) is 38.8 Å². The Morgan fingerprint density at radius 2 is 2.00 bits per heavy atom. The Morgan fingerprint density at radius 3 is 2.50 bits per heavy atom. The summed E-state index contributed by atoms with van der Waals surface area (Å²) in [7, 11) is -3.10. The summed E-state index contributed by atoms with van der Waals surface area (Å²) in [5, 5.41) is 11.5. The molecule has 0 bridgehead atoms. The van der Waals surface area contributed by atoms with Gasteiger partial charge in [0.25, 0.3) is 0 Å². The number of nitrogens with one attached hydrogen (secondary N) is 1. The Hall–Kier alpha value is -0.660. The molecule has 0 unspecified atom stereocenters. The van der Waals surface area contributed by atoms with E-state index >= 15 is 0 Å². The third kappa shape index (κ3) is 4.55. The molecule has 7 heteroatoms. The number of rotatable bonds is 6. The maximum absolute atomic E-state index is 11.6. The van der Waals surface area contributed by atoms with Crippen LogP contribution in [0.5, 0.6) is 0 Å². The molecule has 1 amide bonds. The number of nitrogens with zero attached hydrogens (tertiary/aromatic N) is 1. The van der Waals surface area contributed by atoms with Gasteiger partial charge in [0, 0.05) is 32.2 Å². The maximum Gasteiger partial charge on any atom is 0.220 e. The lowest BCUT2D eigenvalue weighted by atomic mass is 10.1. The van der Waals surface area contributed by atoms with Gasteiger partial charge in [-0.15, -0.1) is 0 Å². The van der Waals surface area contributed by atoms with Gasteiger partial charge in [-0.2, -0.15) is 0 Å². The Morgan fingerprint density at radius 1 is 1.39 bits per heavy atom. The molecule has 6 nitrogen and oxygen atoms in total. The van der Waals surface area contributed by atoms with Crippen molar-refractivity contribution in [3.05, 3.63) is 0 Å². The smallest absolute Gasteiger partial charge is 0.220 e. The lowest BCUT2D eigenvalue weighted by Crippen LogP contribution is -2.46.